The van der Waals surface area contributed by atoms with Crippen LogP contribution in [0.2, 0.25) is 0 Å². The third kappa shape index (κ3) is 5.96. The zero-order valence-electron chi connectivity index (χ0n) is 26.7. The van der Waals surface area contributed by atoms with Crippen molar-refractivity contribution in [2.45, 2.75) is 46.4 Å². The molecule has 0 aliphatic carbocycles. The van der Waals surface area contributed by atoms with Gasteiger partial charge in [0.25, 0.3) is 5.56 Å². The van der Waals surface area contributed by atoms with Crippen molar-refractivity contribution in [3.05, 3.63) is 132 Å². The van der Waals surface area contributed by atoms with Crippen molar-refractivity contribution in [3.8, 4) is 5.75 Å². The molecule has 3 aromatic carbocycles. The lowest BCUT2D eigenvalue weighted by Gasteiger charge is -2.27. The molecule has 8 nitrogen and oxygen atoms in total. The van der Waals surface area contributed by atoms with E-state index in [1.54, 1.807) is 18.6 Å². The standard InChI is InChI=1S/C37H37N3O5S/c1-23(2)45-31-18-12-10-16-28(31)34-33(36(42)44-20-19-43-5)24(3)38-37-40(34)35(41)32(46-37)21-29-25(4)39(22-26-13-7-6-8-14-26)30-17-11-9-15-27(29)30/h6-18,21,23,34H,19-20,22H2,1-5H3/b32-21+/t34-/m0/s1. The van der Waals surface area contributed by atoms with Crippen LogP contribution in [-0.4, -0.2) is 41.5 Å². The van der Waals surface area contributed by atoms with Crippen LogP contribution in [-0.2, 0) is 20.8 Å². The number of carbonyl (C=O) groups is 1. The van der Waals surface area contributed by atoms with Gasteiger partial charge in [-0.15, -0.1) is 0 Å². The Hall–Kier alpha value is -4.73. The Morgan fingerprint density at radius 2 is 1.70 bits per heavy atom. The minimum atomic E-state index is -0.788. The van der Waals surface area contributed by atoms with Crippen molar-refractivity contribution in [2.75, 3.05) is 20.3 Å². The topological polar surface area (TPSA) is 84.0 Å². The molecule has 2 aromatic heterocycles. The normalized spacial score (nSPS) is 14.9. The fraction of sp³-hybridized carbons (Fsp3) is 0.270. The highest BCUT2D eigenvalue weighted by atomic mass is 32.1. The fourth-order valence-corrected chi connectivity index (χ4v) is 7.01. The van der Waals surface area contributed by atoms with Gasteiger partial charge in [0.2, 0.25) is 0 Å². The maximum absolute atomic E-state index is 14.5. The number of fused-ring (bicyclic) bond motifs is 2. The SMILES string of the molecule is COCCOC(=O)C1=C(C)N=c2s/c(=C/c3c(C)n(Cc4ccccc4)c4ccccc34)c(=O)n2[C@H]1c1ccccc1OC(C)C. The molecule has 0 saturated heterocycles. The molecule has 0 saturated carbocycles. The van der Waals surface area contributed by atoms with Crippen molar-refractivity contribution >= 4 is 34.3 Å². The largest absolute Gasteiger partial charge is 0.491 e. The van der Waals surface area contributed by atoms with E-state index in [2.05, 4.69) is 35.8 Å². The zero-order valence-corrected chi connectivity index (χ0v) is 27.5. The maximum atomic E-state index is 14.5. The summed E-state index contributed by atoms with van der Waals surface area (Å²) < 4.78 is 21.3. The molecule has 3 heterocycles. The summed E-state index contributed by atoms with van der Waals surface area (Å²) in [6.45, 7) is 8.81. The number of esters is 1. The summed E-state index contributed by atoms with van der Waals surface area (Å²) in [6, 6.07) is 25.3. The van der Waals surface area contributed by atoms with E-state index in [1.165, 1.54) is 16.9 Å². The molecule has 0 amide bonds. The molecule has 6 rings (SSSR count). The molecule has 9 heteroatoms. The number of thiazole rings is 1. The van der Waals surface area contributed by atoms with Gasteiger partial charge in [-0.25, -0.2) is 9.79 Å². The van der Waals surface area contributed by atoms with Crippen LogP contribution in [0.25, 0.3) is 17.0 Å². The van der Waals surface area contributed by atoms with Gasteiger partial charge in [-0.2, -0.15) is 0 Å². The zero-order chi connectivity index (χ0) is 32.4. The summed E-state index contributed by atoms with van der Waals surface area (Å²) in [5, 5.41) is 1.06. The van der Waals surface area contributed by atoms with Gasteiger partial charge >= 0.3 is 5.97 Å². The van der Waals surface area contributed by atoms with Crippen LogP contribution in [0.5, 0.6) is 5.75 Å². The highest BCUT2D eigenvalue weighted by molar-refractivity contribution is 7.07. The van der Waals surface area contributed by atoms with Gasteiger partial charge in [-0.3, -0.25) is 9.36 Å². The second-order valence-corrected chi connectivity index (χ2v) is 12.5. The predicted octanol–water partition coefficient (Wildman–Crippen LogP) is 5.52. The van der Waals surface area contributed by atoms with Crippen molar-refractivity contribution in [1.29, 1.82) is 0 Å². The van der Waals surface area contributed by atoms with Gasteiger partial charge in [0.05, 0.1) is 28.5 Å². The monoisotopic (exact) mass is 635 g/mol. The Morgan fingerprint density at radius 1 is 0.978 bits per heavy atom. The van der Waals surface area contributed by atoms with Gasteiger partial charge in [0.1, 0.15) is 18.4 Å². The molecule has 0 spiro atoms. The van der Waals surface area contributed by atoms with Crippen LogP contribution in [0.1, 0.15) is 49.2 Å². The van der Waals surface area contributed by atoms with Crippen LogP contribution in [0.15, 0.2) is 99.9 Å². The van der Waals surface area contributed by atoms with Crippen molar-refractivity contribution < 1.29 is 19.0 Å². The van der Waals surface area contributed by atoms with Crippen molar-refractivity contribution in [2.24, 2.45) is 4.99 Å². The first-order chi connectivity index (χ1) is 22.3. The summed E-state index contributed by atoms with van der Waals surface area (Å²) in [5.41, 5.74) is 5.57. The van der Waals surface area contributed by atoms with Gasteiger partial charge in [0.15, 0.2) is 4.80 Å². The lowest BCUT2D eigenvalue weighted by molar-refractivity contribution is -0.140. The Balaban J connectivity index is 1.54. The highest BCUT2D eigenvalue weighted by Crippen LogP contribution is 2.36. The molecule has 0 fully saturated rings. The predicted molar refractivity (Wildman–Crippen MR) is 181 cm³/mol. The van der Waals surface area contributed by atoms with Gasteiger partial charge in [-0.05, 0) is 51.5 Å². The summed E-state index contributed by atoms with van der Waals surface area (Å²) in [5.74, 6) is 0.0468. The van der Waals surface area contributed by atoms with E-state index < -0.39 is 12.0 Å². The summed E-state index contributed by atoms with van der Waals surface area (Å²) >= 11 is 1.32. The van der Waals surface area contributed by atoms with Gasteiger partial charge in [-0.1, -0.05) is 78.1 Å². The molecule has 1 aliphatic heterocycles. The average molecular weight is 636 g/mol. The van der Waals surface area contributed by atoms with E-state index in [4.69, 9.17) is 19.2 Å². The number of aromatic nitrogens is 2. The third-order valence-electron chi connectivity index (χ3n) is 8.08. The number of hydrogen-bond donors (Lipinski definition) is 0. The number of methoxy groups -OCH3 is 1. The number of para-hydroxylation sites is 2. The Morgan fingerprint density at radius 3 is 2.46 bits per heavy atom. The Kier molecular flexibility index (Phi) is 9.05. The van der Waals surface area contributed by atoms with Crippen molar-refractivity contribution in [1.82, 2.24) is 9.13 Å². The van der Waals surface area contributed by atoms with E-state index >= 15 is 0 Å². The van der Waals surface area contributed by atoms with Gasteiger partial charge in [0, 0.05) is 41.4 Å². The lowest BCUT2D eigenvalue weighted by Crippen LogP contribution is -2.40. The molecule has 0 N–H and O–H groups in total. The lowest BCUT2D eigenvalue weighted by atomic mass is 9.95. The smallest absolute Gasteiger partial charge is 0.338 e. The molecule has 5 aromatic rings. The molecular weight excluding hydrogens is 598 g/mol. The highest BCUT2D eigenvalue weighted by Gasteiger charge is 2.35. The van der Waals surface area contributed by atoms with Crippen LogP contribution in [0.4, 0.5) is 0 Å². The number of rotatable bonds is 10. The minimum Gasteiger partial charge on any atom is -0.491 e. The number of nitrogens with zero attached hydrogens (tertiary/aromatic N) is 3. The van der Waals surface area contributed by atoms with E-state index in [9.17, 15) is 9.59 Å². The van der Waals surface area contributed by atoms with Crippen molar-refractivity contribution in [3.63, 3.8) is 0 Å². The van der Waals surface area contributed by atoms with E-state index in [-0.39, 0.29) is 24.9 Å². The molecule has 0 radical (unpaired) electrons. The number of benzene rings is 3. The summed E-state index contributed by atoms with van der Waals surface area (Å²) in [4.78, 5) is 33.3. The van der Waals surface area contributed by atoms with E-state index in [0.29, 0.717) is 38.5 Å². The van der Waals surface area contributed by atoms with E-state index in [0.717, 1.165) is 22.2 Å². The van der Waals surface area contributed by atoms with Crippen LogP contribution in [0, 0.1) is 6.92 Å². The van der Waals surface area contributed by atoms with Gasteiger partial charge < -0.3 is 18.8 Å². The second kappa shape index (κ2) is 13.3. The molecule has 1 atom stereocenters. The third-order valence-corrected chi connectivity index (χ3v) is 9.06. The number of allylic oxidation sites excluding steroid dienone is 1. The molecule has 46 heavy (non-hydrogen) atoms. The van der Waals surface area contributed by atoms with Crippen LogP contribution >= 0.6 is 11.3 Å². The first-order valence-corrected chi connectivity index (χ1v) is 16.2. The quantitative estimate of drug-likeness (QED) is 0.149. The fourth-order valence-electron chi connectivity index (χ4n) is 5.98. The summed E-state index contributed by atoms with van der Waals surface area (Å²) in [6.07, 6.45) is 1.85. The Labute approximate surface area is 271 Å². The van der Waals surface area contributed by atoms with Crippen LogP contribution < -0.4 is 19.6 Å². The molecule has 236 valence electrons. The molecular formula is C37H37N3O5S. The number of carbonyl (C=O) groups excluding carboxylic acids is 1. The molecule has 0 bridgehead atoms. The maximum Gasteiger partial charge on any atom is 0.338 e. The average Bonchev–Trinajstić information content (AvgIpc) is 3.49. The number of hydrogen-bond acceptors (Lipinski definition) is 7. The second-order valence-electron chi connectivity index (χ2n) is 11.5. The molecule has 0 unspecified atom stereocenters. The van der Waals surface area contributed by atoms with Crippen LogP contribution in [0.3, 0.4) is 0 Å². The summed E-state index contributed by atoms with van der Waals surface area (Å²) in [7, 11) is 1.55. The Bertz CT molecular complexity index is 2120. The minimum absolute atomic E-state index is 0.0831. The molecule has 1 aliphatic rings. The van der Waals surface area contributed by atoms with E-state index in [1.807, 2.05) is 74.5 Å². The number of ether oxygens (including phenoxy) is 3. The first kappa shape index (κ1) is 31.3. The first-order valence-electron chi connectivity index (χ1n) is 15.3.